The van der Waals surface area contributed by atoms with Crippen molar-refractivity contribution in [1.82, 2.24) is 4.90 Å². The maximum atomic E-state index is 12.8. The number of carbonyl (C=O) groups excluding carboxylic acids is 1. The molecule has 1 heterocycles. The third-order valence-electron chi connectivity index (χ3n) is 7.27. The molecule has 1 saturated heterocycles. The van der Waals surface area contributed by atoms with Gasteiger partial charge in [-0.15, -0.1) is 0 Å². The number of piperidine rings is 1. The molecule has 4 nitrogen and oxygen atoms in total. The molecule has 0 aromatic heterocycles. The fourth-order valence-corrected chi connectivity index (χ4v) is 4.64. The summed E-state index contributed by atoms with van der Waals surface area (Å²) < 4.78 is 0. The number of rotatable bonds is 10. The van der Waals surface area contributed by atoms with Crippen molar-refractivity contribution in [3.8, 4) is 0 Å². The molecule has 1 aliphatic rings. The van der Waals surface area contributed by atoms with E-state index < -0.39 is 0 Å². The summed E-state index contributed by atoms with van der Waals surface area (Å²) in [6.07, 6.45) is 7.31. The summed E-state index contributed by atoms with van der Waals surface area (Å²) in [4.78, 5) is 17.3. The van der Waals surface area contributed by atoms with Crippen LogP contribution in [0.3, 0.4) is 0 Å². The van der Waals surface area contributed by atoms with Gasteiger partial charge in [-0.3, -0.25) is 4.79 Å². The van der Waals surface area contributed by atoms with E-state index in [1.54, 1.807) is 0 Å². The van der Waals surface area contributed by atoms with Gasteiger partial charge in [-0.2, -0.15) is 0 Å². The first-order valence-electron chi connectivity index (χ1n) is 13.0. The molecule has 0 spiro atoms. The molecule has 0 radical (unpaired) electrons. The minimum atomic E-state index is -0.383. The Kier molecular flexibility index (Phi) is 9.76. The van der Waals surface area contributed by atoms with E-state index in [9.17, 15) is 4.79 Å². The summed E-state index contributed by atoms with van der Waals surface area (Å²) in [6.45, 7) is 10.9. The predicted octanol–water partition coefficient (Wildman–Crippen LogP) is 5.61. The fraction of sp³-hybridized carbons (Fsp3) is 0.500. The van der Waals surface area contributed by atoms with Crippen LogP contribution in [-0.4, -0.2) is 42.5 Å². The largest absolute Gasteiger partial charge is 0.365 e. The first-order valence-corrected chi connectivity index (χ1v) is 13.0. The Bertz CT molecular complexity index is 910. The number of anilines is 1. The zero-order valence-electron chi connectivity index (χ0n) is 21.5. The minimum absolute atomic E-state index is 0.117. The second kappa shape index (κ2) is 12.8. The van der Waals surface area contributed by atoms with Crippen LogP contribution in [0.15, 0.2) is 66.2 Å². The second-order valence-corrected chi connectivity index (χ2v) is 10.1. The summed E-state index contributed by atoms with van der Waals surface area (Å²) >= 11 is 0. The molecule has 3 rings (SSSR count). The lowest BCUT2D eigenvalue weighted by molar-refractivity contribution is -0.134. The van der Waals surface area contributed by atoms with E-state index in [1.165, 1.54) is 22.4 Å². The first kappa shape index (κ1) is 26.0. The molecule has 2 N–H and O–H groups in total. The van der Waals surface area contributed by atoms with Crippen molar-refractivity contribution in [2.45, 2.75) is 71.9 Å². The number of hydrogen-bond donors (Lipinski definition) is 1. The number of nitrogens with zero attached hydrogens (tertiary/aromatic N) is 2. The van der Waals surface area contributed by atoms with Gasteiger partial charge in [0, 0.05) is 31.4 Å². The first-order chi connectivity index (χ1) is 16.4. The van der Waals surface area contributed by atoms with Crippen LogP contribution >= 0.6 is 0 Å². The van der Waals surface area contributed by atoms with Gasteiger partial charge in [0.1, 0.15) is 0 Å². The number of hydrogen-bond acceptors (Lipinski definition) is 3. The third kappa shape index (κ3) is 7.20. The Morgan fingerprint density at radius 1 is 1.03 bits per heavy atom. The van der Waals surface area contributed by atoms with Crippen LogP contribution < -0.4 is 10.6 Å². The van der Waals surface area contributed by atoms with Crippen molar-refractivity contribution in [3.05, 3.63) is 77.4 Å². The molecule has 4 heteroatoms. The van der Waals surface area contributed by atoms with Gasteiger partial charge < -0.3 is 15.5 Å². The smallest absolute Gasteiger partial charge is 0.239 e. The van der Waals surface area contributed by atoms with Crippen molar-refractivity contribution < 1.29 is 4.79 Å². The highest BCUT2D eigenvalue weighted by Crippen LogP contribution is 2.25. The highest BCUT2D eigenvalue weighted by molar-refractivity contribution is 5.82. The molecule has 34 heavy (non-hydrogen) atoms. The highest BCUT2D eigenvalue weighted by Gasteiger charge is 2.30. The van der Waals surface area contributed by atoms with E-state index in [0.717, 1.165) is 51.7 Å². The zero-order valence-corrected chi connectivity index (χ0v) is 21.5. The van der Waals surface area contributed by atoms with Gasteiger partial charge in [0.25, 0.3) is 0 Å². The van der Waals surface area contributed by atoms with Gasteiger partial charge >= 0.3 is 0 Å². The molecule has 2 atom stereocenters. The second-order valence-electron chi connectivity index (χ2n) is 10.1. The topological polar surface area (TPSA) is 49.6 Å². The van der Waals surface area contributed by atoms with Crippen molar-refractivity contribution >= 4 is 11.6 Å². The molecule has 184 valence electrons. The van der Waals surface area contributed by atoms with E-state index in [2.05, 4.69) is 93.3 Å². The number of carbonyl (C=O) groups is 1. The lowest BCUT2D eigenvalue weighted by Gasteiger charge is -2.40. The van der Waals surface area contributed by atoms with Crippen molar-refractivity contribution in [1.29, 1.82) is 0 Å². The number of amides is 1. The van der Waals surface area contributed by atoms with Crippen LogP contribution in [0.5, 0.6) is 0 Å². The Morgan fingerprint density at radius 3 is 2.18 bits per heavy atom. The Labute approximate surface area is 206 Å². The SMILES string of the molecule is CCC(C)C(N)C(=O)N1CCC(N(CC=C(C)C)c2ccc(CCc3ccccc3)cc2)CC1. The van der Waals surface area contributed by atoms with Gasteiger partial charge in [-0.05, 0) is 68.7 Å². The predicted molar refractivity (Wildman–Crippen MR) is 144 cm³/mol. The Hall–Kier alpha value is -2.59. The maximum Gasteiger partial charge on any atom is 0.239 e. The van der Waals surface area contributed by atoms with E-state index in [1.807, 2.05) is 4.90 Å². The lowest BCUT2D eigenvalue weighted by atomic mass is 9.96. The maximum absolute atomic E-state index is 12.8. The van der Waals surface area contributed by atoms with Crippen LogP contribution in [0, 0.1) is 5.92 Å². The molecular formula is C30H43N3O. The molecular weight excluding hydrogens is 418 g/mol. The lowest BCUT2D eigenvalue weighted by Crippen LogP contribution is -2.52. The van der Waals surface area contributed by atoms with E-state index >= 15 is 0 Å². The number of likely N-dealkylation sites (tertiary alicyclic amines) is 1. The molecule has 2 aromatic rings. The number of benzene rings is 2. The van der Waals surface area contributed by atoms with Crippen molar-refractivity contribution in [2.24, 2.45) is 11.7 Å². The van der Waals surface area contributed by atoms with Crippen molar-refractivity contribution in [3.63, 3.8) is 0 Å². The number of aryl methyl sites for hydroxylation is 2. The average Bonchev–Trinajstić information content (AvgIpc) is 2.87. The summed E-state index contributed by atoms with van der Waals surface area (Å²) in [7, 11) is 0. The monoisotopic (exact) mass is 461 g/mol. The summed E-state index contributed by atoms with van der Waals surface area (Å²) in [5.41, 5.74) is 11.6. The molecule has 2 aromatic carbocycles. The normalized spacial score (nSPS) is 16.1. The molecule has 0 saturated carbocycles. The molecule has 2 unspecified atom stereocenters. The van der Waals surface area contributed by atoms with Gasteiger partial charge in [0.15, 0.2) is 0 Å². The van der Waals surface area contributed by atoms with Crippen molar-refractivity contribution in [2.75, 3.05) is 24.5 Å². The van der Waals surface area contributed by atoms with E-state index in [-0.39, 0.29) is 17.9 Å². The molecule has 1 aliphatic heterocycles. The van der Waals surface area contributed by atoms with Crippen LogP contribution in [0.25, 0.3) is 0 Å². The summed E-state index contributed by atoms with van der Waals surface area (Å²) in [5, 5.41) is 0. The quantitative estimate of drug-likeness (QED) is 0.468. The molecule has 0 aliphatic carbocycles. The van der Waals surface area contributed by atoms with Crippen LogP contribution in [-0.2, 0) is 17.6 Å². The van der Waals surface area contributed by atoms with Gasteiger partial charge in [-0.25, -0.2) is 0 Å². The van der Waals surface area contributed by atoms with Gasteiger partial charge in [0.05, 0.1) is 6.04 Å². The fourth-order valence-electron chi connectivity index (χ4n) is 4.64. The molecule has 1 amide bonds. The average molecular weight is 462 g/mol. The van der Waals surface area contributed by atoms with Gasteiger partial charge in [0.2, 0.25) is 5.91 Å². The van der Waals surface area contributed by atoms with Crippen LogP contribution in [0.4, 0.5) is 5.69 Å². The number of nitrogens with two attached hydrogens (primary N) is 1. The molecule has 0 bridgehead atoms. The zero-order chi connectivity index (χ0) is 24.5. The minimum Gasteiger partial charge on any atom is -0.365 e. The van der Waals surface area contributed by atoms with E-state index in [4.69, 9.17) is 5.73 Å². The van der Waals surface area contributed by atoms with E-state index in [0.29, 0.717) is 6.04 Å². The number of allylic oxidation sites excluding steroid dienone is 1. The Balaban J connectivity index is 1.64. The highest BCUT2D eigenvalue weighted by atomic mass is 16.2. The third-order valence-corrected chi connectivity index (χ3v) is 7.27. The summed E-state index contributed by atoms with van der Waals surface area (Å²) in [5.74, 6) is 0.339. The molecule has 1 fully saturated rings. The Morgan fingerprint density at radius 2 is 1.62 bits per heavy atom. The van der Waals surface area contributed by atoms with Gasteiger partial charge in [-0.1, -0.05) is 74.4 Å². The standard InChI is InChI=1S/C30H43N3O/c1-5-24(4)29(31)30(34)32-20-18-28(19-21-32)33(22-17-23(2)3)27-15-13-26(14-16-27)12-11-25-9-7-6-8-10-25/h6-10,13-17,24,28-29H,5,11-12,18-22,31H2,1-4H3. The summed E-state index contributed by atoms with van der Waals surface area (Å²) in [6, 6.07) is 19.8. The van der Waals surface area contributed by atoms with Crippen LogP contribution in [0.1, 0.15) is 58.1 Å². The van der Waals surface area contributed by atoms with Crippen LogP contribution in [0.2, 0.25) is 0 Å².